The van der Waals surface area contributed by atoms with E-state index >= 15 is 0 Å². The molecule has 1 N–H and O–H groups in total. The number of hydrogen-bond donors (Lipinski definition) is 1. The van der Waals surface area contributed by atoms with Gasteiger partial charge >= 0.3 is 0 Å². The van der Waals surface area contributed by atoms with Gasteiger partial charge < -0.3 is 14.6 Å². The Bertz CT molecular complexity index is 1050. The highest BCUT2D eigenvalue weighted by Gasteiger charge is 2.24. The SMILES string of the molecule is Cc1oc(-n2cccc2)c(C#N)c1C(=O)NCc1ccnc(N2CCCCCC2)c1. The number of aryl methyl sites for hydroxylation is 1. The predicted molar refractivity (Wildman–Crippen MR) is 114 cm³/mol. The third-order valence-electron chi connectivity index (χ3n) is 5.44. The maximum absolute atomic E-state index is 12.9. The van der Waals surface area contributed by atoms with Crippen molar-refractivity contribution in [3.8, 4) is 12.0 Å². The van der Waals surface area contributed by atoms with Crippen LogP contribution in [0.2, 0.25) is 0 Å². The number of pyridine rings is 1. The van der Waals surface area contributed by atoms with Crippen molar-refractivity contribution in [2.75, 3.05) is 18.0 Å². The largest absolute Gasteiger partial charge is 0.443 e. The van der Waals surface area contributed by atoms with Crippen molar-refractivity contribution in [1.82, 2.24) is 14.9 Å². The number of carbonyl (C=O) groups excluding carboxylic acids is 1. The van der Waals surface area contributed by atoms with Crippen molar-refractivity contribution in [3.63, 3.8) is 0 Å². The Kier molecular flexibility index (Phi) is 5.84. The number of nitrogens with one attached hydrogen (secondary N) is 1. The molecule has 0 unspecified atom stereocenters. The van der Waals surface area contributed by atoms with Gasteiger partial charge in [-0.05, 0) is 49.6 Å². The van der Waals surface area contributed by atoms with E-state index in [1.165, 1.54) is 25.7 Å². The molecule has 0 aliphatic carbocycles. The normalized spacial score (nSPS) is 14.2. The Balaban J connectivity index is 1.49. The highest BCUT2D eigenvalue weighted by Crippen LogP contribution is 2.25. The first-order chi connectivity index (χ1) is 14.7. The summed E-state index contributed by atoms with van der Waals surface area (Å²) in [5, 5.41) is 12.6. The molecule has 0 spiro atoms. The van der Waals surface area contributed by atoms with Crippen LogP contribution >= 0.6 is 0 Å². The topological polar surface area (TPSA) is 87.1 Å². The average Bonchev–Trinajstić information content (AvgIpc) is 3.31. The number of nitrogens with zero attached hydrogens (tertiary/aromatic N) is 4. The summed E-state index contributed by atoms with van der Waals surface area (Å²) in [5.74, 6) is 1.42. The lowest BCUT2D eigenvalue weighted by atomic mass is 10.1. The lowest BCUT2D eigenvalue weighted by Crippen LogP contribution is -2.26. The molecule has 3 aromatic heterocycles. The number of carbonyl (C=O) groups is 1. The molecule has 1 aliphatic rings. The lowest BCUT2D eigenvalue weighted by molar-refractivity contribution is 0.0949. The lowest BCUT2D eigenvalue weighted by Gasteiger charge is -2.21. The molecule has 30 heavy (non-hydrogen) atoms. The van der Waals surface area contributed by atoms with Crippen LogP contribution in [0.5, 0.6) is 0 Å². The number of amides is 1. The van der Waals surface area contributed by atoms with E-state index < -0.39 is 0 Å². The van der Waals surface area contributed by atoms with Crippen molar-refractivity contribution >= 4 is 11.7 Å². The van der Waals surface area contributed by atoms with Gasteiger partial charge in [-0.3, -0.25) is 9.36 Å². The first-order valence-electron chi connectivity index (χ1n) is 10.3. The molecule has 0 atom stereocenters. The van der Waals surface area contributed by atoms with Crippen LogP contribution in [0.4, 0.5) is 5.82 Å². The van der Waals surface area contributed by atoms with Crippen LogP contribution in [0.3, 0.4) is 0 Å². The summed E-state index contributed by atoms with van der Waals surface area (Å²) in [6, 6.07) is 9.73. The van der Waals surface area contributed by atoms with E-state index in [0.29, 0.717) is 18.2 Å². The molecule has 1 saturated heterocycles. The predicted octanol–water partition coefficient (Wildman–Crippen LogP) is 3.96. The fraction of sp³-hybridized carbons (Fsp3) is 0.348. The van der Waals surface area contributed by atoms with E-state index in [2.05, 4.69) is 21.3 Å². The summed E-state index contributed by atoms with van der Waals surface area (Å²) in [5.41, 5.74) is 1.49. The first-order valence-corrected chi connectivity index (χ1v) is 10.3. The molecule has 7 nitrogen and oxygen atoms in total. The van der Waals surface area contributed by atoms with Gasteiger partial charge in [0.15, 0.2) is 0 Å². The van der Waals surface area contributed by atoms with Crippen molar-refractivity contribution in [1.29, 1.82) is 5.26 Å². The molecular weight excluding hydrogens is 378 g/mol. The van der Waals surface area contributed by atoms with Gasteiger partial charge in [-0.1, -0.05) is 12.8 Å². The van der Waals surface area contributed by atoms with Crippen LogP contribution < -0.4 is 10.2 Å². The molecule has 1 aliphatic heterocycles. The molecule has 7 heteroatoms. The van der Waals surface area contributed by atoms with Gasteiger partial charge in [0.05, 0.1) is 0 Å². The number of rotatable bonds is 5. The van der Waals surface area contributed by atoms with E-state index in [0.717, 1.165) is 24.5 Å². The van der Waals surface area contributed by atoms with Crippen LogP contribution in [0, 0.1) is 18.3 Å². The van der Waals surface area contributed by atoms with Crippen LogP contribution in [-0.2, 0) is 6.54 Å². The zero-order valence-electron chi connectivity index (χ0n) is 17.1. The zero-order chi connectivity index (χ0) is 20.9. The number of furan rings is 1. The van der Waals surface area contributed by atoms with Crippen molar-refractivity contribution in [2.45, 2.75) is 39.2 Å². The van der Waals surface area contributed by atoms with E-state index in [-0.39, 0.29) is 17.0 Å². The number of aromatic nitrogens is 2. The van der Waals surface area contributed by atoms with Gasteiger partial charge in [-0.25, -0.2) is 4.98 Å². The Morgan fingerprint density at radius 1 is 1.23 bits per heavy atom. The Morgan fingerprint density at radius 2 is 1.97 bits per heavy atom. The van der Waals surface area contributed by atoms with Gasteiger partial charge in [0.25, 0.3) is 5.91 Å². The third kappa shape index (κ3) is 4.08. The maximum atomic E-state index is 12.9. The minimum Gasteiger partial charge on any atom is -0.443 e. The number of anilines is 1. The van der Waals surface area contributed by atoms with Crippen molar-refractivity contribution in [2.24, 2.45) is 0 Å². The minimum absolute atomic E-state index is 0.237. The van der Waals surface area contributed by atoms with E-state index in [9.17, 15) is 10.1 Å². The molecule has 0 bridgehead atoms. The summed E-state index contributed by atoms with van der Waals surface area (Å²) >= 11 is 0. The van der Waals surface area contributed by atoms with Crippen LogP contribution in [-0.4, -0.2) is 28.5 Å². The molecular formula is C23H25N5O2. The average molecular weight is 403 g/mol. The highest BCUT2D eigenvalue weighted by atomic mass is 16.4. The summed E-state index contributed by atoms with van der Waals surface area (Å²) in [7, 11) is 0. The second-order valence-corrected chi connectivity index (χ2v) is 7.52. The molecule has 0 saturated carbocycles. The molecule has 3 aromatic rings. The standard InChI is InChI=1S/C23H25N5O2/c1-17-21(19(15-24)23(30-17)28-12-6-7-13-28)22(29)26-16-18-8-9-25-20(14-18)27-10-4-2-3-5-11-27/h6-9,12-14H,2-5,10-11,16H2,1H3,(H,26,29). The molecule has 1 amide bonds. The third-order valence-corrected chi connectivity index (χ3v) is 5.44. The van der Waals surface area contributed by atoms with Crippen LogP contribution in [0.25, 0.3) is 5.88 Å². The Hall–Kier alpha value is -3.53. The molecule has 154 valence electrons. The maximum Gasteiger partial charge on any atom is 0.256 e. The minimum atomic E-state index is -0.320. The van der Waals surface area contributed by atoms with Gasteiger partial charge in [0, 0.05) is 38.2 Å². The van der Waals surface area contributed by atoms with Crippen molar-refractivity contribution in [3.05, 3.63) is 65.3 Å². The van der Waals surface area contributed by atoms with E-state index in [1.807, 2.05) is 24.3 Å². The van der Waals surface area contributed by atoms with Crippen LogP contribution in [0.1, 0.15) is 52.9 Å². The first kappa shape index (κ1) is 19.8. The molecule has 4 rings (SSSR count). The molecule has 1 fully saturated rings. The molecule has 0 radical (unpaired) electrons. The monoisotopic (exact) mass is 403 g/mol. The van der Waals surface area contributed by atoms with Gasteiger partial charge in [-0.15, -0.1) is 0 Å². The van der Waals surface area contributed by atoms with Gasteiger partial charge in [-0.2, -0.15) is 5.26 Å². The summed E-state index contributed by atoms with van der Waals surface area (Å²) < 4.78 is 7.42. The molecule has 4 heterocycles. The van der Waals surface area contributed by atoms with E-state index in [1.54, 1.807) is 30.1 Å². The Labute approximate surface area is 175 Å². The second-order valence-electron chi connectivity index (χ2n) is 7.52. The number of nitriles is 1. The van der Waals surface area contributed by atoms with E-state index in [4.69, 9.17) is 4.42 Å². The smallest absolute Gasteiger partial charge is 0.256 e. The van der Waals surface area contributed by atoms with Crippen LogP contribution in [0.15, 0.2) is 47.3 Å². The van der Waals surface area contributed by atoms with Gasteiger partial charge in [0.1, 0.15) is 28.8 Å². The zero-order valence-corrected chi connectivity index (χ0v) is 17.1. The summed E-state index contributed by atoms with van der Waals surface area (Å²) in [6.45, 7) is 4.10. The van der Waals surface area contributed by atoms with Gasteiger partial charge in [0.2, 0.25) is 5.88 Å². The second kappa shape index (κ2) is 8.87. The summed E-state index contributed by atoms with van der Waals surface area (Å²) in [6.07, 6.45) is 10.2. The summed E-state index contributed by atoms with van der Waals surface area (Å²) in [4.78, 5) is 19.7. The highest BCUT2D eigenvalue weighted by molar-refractivity contribution is 5.98. The quantitative estimate of drug-likeness (QED) is 0.697. The fourth-order valence-corrected chi connectivity index (χ4v) is 3.87. The van der Waals surface area contributed by atoms with Crippen molar-refractivity contribution < 1.29 is 9.21 Å². The number of hydrogen-bond acceptors (Lipinski definition) is 5. The molecule has 0 aromatic carbocycles. The fourth-order valence-electron chi connectivity index (χ4n) is 3.87. The Morgan fingerprint density at radius 3 is 2.67 bits per heavy atom.